The van der Waals surface area contributed by atoms with E-state index in [0.717, 1.165) is 5.56 Å². The third kappa shape index (κ3) is 4.93. The molecule has 21 heavy (non-hydrogen) atoms. The highest BCUT2D eigenvalue weighted by Gasteiger charge is 2.22. The van der Waals surface area contributed by atoms with Crippen molar-refractivity contribution < 1.29 is 14.7 Å². The molecule has 0 saturated carbocycles. The summed E-state index contributed by atoms with van der Waals surface area (Å²) in [5.41, 5.74) is 7.19. The van der Waals surface area contributed by atoms with E-state index in [1.165, 1.54) is 0 Å². The van der Waals surface area contributed by atoms with Crippen LogP contribution in [0.15, 0.2) is 18.2 Å². The highest BCUT2D eigenvalue weighted by atomic mass is 16.2. The molecule has 0 radical (unpaired) electrons. The Balaban J connectivity index is 3.01. The van der Waals surface area contributed by atoms with Gasteiger partial charge in [0.05, 0.1) is 0 Å². The fourth-order valence-electron chi connectivity index (χ4n) is 1.92. The van der Waals surface area contributed by atoms with Crippen LogP contribution in [0.4, 0.5) is 0 Å². The second-order valence-electron chi connectivity index (χ2n) is 5.15. The second kappa shape index (κ2) is 7.46. The molecule has 1 atom stereocenters. The number of aliphatic hydroxyl groups excluding tert-OH is 1. The lowest BCUT2D eigenvalue weighted by Crippen LogP contribution is -2.47. The topological polar surface area (TPSA) is 92.4 Å². The summed E-state index contributed by atoms with van der Waals surface area (Å²) in [6.45, 7) is 5.22. The maximum atomic E-state index is 12.2. The molecule has 5 nitrogen and oxygen atoms in total. The van der Waals surface area contributed by atoms with Gasteiger partial charge in [-0.3, -0.25) is 9.59 Å². The lowest BCUT2D eigenvalue weighted by Gasteiger charge is -2.19. The molecule has 4 N–H and O–H groups in total. The van der Waals surface area contributed by atoms with Crippen molar-refractivity contribution in [3.8, 4) is 11.8 Å². The molecule has 0 aliphatic carbocycles. The fraction of sp³-hybridized carbons (Fsp3) is 0.375. The van der Waals surface area contributed by atoms with E-state index < -0.39 is 11.9 Å². The van der Waals surface area contributed by atoms with Crippen molar-refractivity contribution in [2.75, 3.05) is 6.61 Å². The highest BCUT2D eigenvalue weighted by Crippen LogP contribution is 2.10. The van der Waals surface area contributed by atoms with Gasteiger partial charge >= 0.3 is 0 Å². The number of primary amides is 1. The van der Waals surface area contributed by atoms with Crippen LogP contribution in [0.3, 0.4) is 0 Å². The lowest BCUT2D eigenvalue weighted by molar-refractivity contribution is -0.120. The first-order valence-corrected chi connectivity index (χ1v) is 6.66. The van der Waals surface area contributed by atoms with Crippen molar-refractivity contribution in [3.05, 3.63) is 34.9 Å². The number of aliphatic hydroxyl groups is 1. The van der Waals surface area contributed by atoms with Crippen LogP contribution in [0.5, 0.6) is 0 Å². The summed E-state index contributed by atoms with van der Waals surface area (Å²) in [5.74, 6) is 4.26. The van der Waals surface area contributed by atoms with E-state index >= 15 is 0 Å². The first-order valence-electron chi connectivity index (χ1n) is 6.66. The zero-order chi connectivity index (χ0) is 16.0. The van der Waals surface area contributed by atoms with Crippen LogP contribution in [-0.2, 0) is 4.79 Å². The number of carbonyl (C=O) groups excluding carboxylic acids is 2. The number of aryl methyl sites for hydroxylation is 1. The number of amides is 2. The Morgan fingerprint density at radius 2 is 2.00 bits per heavy atom. The Morgan fingerprint density at radius 3 is 2.52 bits per heavy atom. The summed E-state index contributed by atoms with van der Waals surface area (Å²) in [6, 6.07) is 4.42. The monoisotopic (exact) mass is 288 g/mol. The van der Waals surface area contributed by atoms with Gasteiger partial charge in [0, 0.05) is 11.1 Å². The Hall–Kier alpha value is -2.32. The minimum absolute atomic E-state index is 0.0927. The van der Waals surface area contributed by atoms with Gasteiger partial charge in [0.15, 0.2) is 0 Å². The normalized spacial score (nSPS) is 11.5. The zero-order valence-corrected chi connectivity index (χ0v) is 12.4. The average Bonchev–Trinajstić information content (AvgIpc) is 2.40. The molecule has 0 aliphatic heterocycles. The second-order valence-corrected chi connectivity index (χ2v) is 5.15. The number of hydrogen-bond acceptors (Lipinski definition) is 3. The van der Waals surface area contributed by atoms with E-state index in [1.54, 1.807) is 12.1 Å². The van der Waals surface area contributed by atoms with E-state index in [-0.39, 0.29) is 18.4 Å². The van der Waals surface area contributed by atoms with Gasteiger partial charge in [-0.2, -0.15) is 0 Å². The summed E-state index contributed by atoms with van der Waals surface area (Å²) in [7, 11) is 0. The average molecular weight is 288 g/mol. The summed E-state index contributed by atoms with van der Waals surface area (Å²) in [6.07, 6.45) is 0. The van der Waals surface area contributed by atoms with E-state index in [2.05, 4.69) is 17.2 Å². The Labute approximate surface area is 124 Å². The molecule has 0 spiro atoms. The molecule has 0 fully saturated rings. The van der Waals surface area contributed by atoms with E-state index in [0.29, 0.717) is 11.1 Å². The summed E-state index contributed by atoms with van der Waals surface area (Å²) in [4.78, 5) is 23.6. The van der Waals surface area contributed by atoms with E-state index in [9.17, 15) is 9.59 Å². The molecule has 1 aromatic carbocycles. The Kier molecular flexibility index (Phi) is 5.94. The quantitative estimate of drug-likeness (QED) is 0.708. The standard InChI is InChI=1S/C16H20N2O3/c1-10(2)14(15(17)20)18-16(21)13-8-11(3)7-12(9-13)5-4-6-19/h7-10,14,19H,6H2,1-3H3,(H2,17,20)(H,18,21). The largest absolute Gasteiger partial charge is 0.384 e. The van der Waals surface area contributed by atoms with Crippen molar-refractivity contribution in [1.29, 1.82) is 0 Å². The molecule has 0 aliphatic rings. The van der Waals surface area contributed by atoms with Gasteiger partial charge in [-0.15, -0.1) is 0 Å². The van der Waals surface area contributed by atoms with Crippen LogP contribution >= 0.6 is 0 Å². The third-order valence-corrected chi connectivity index (χ3v) is 2.91. The predicted molar refractivity (Wildman–Crippen MR) is 80.4 cm³/mol. The van der Waals surface area contributed by atoms with Crippen molar-refractivity contribution in [2.45, 2.75) is 26.8 Å². The van der Waals surface area contributed by atoms with Crippen LogP contribution in [0.2, 0.25) is 0 Å². The number of nitrogens with one attached hydrogen (secondary N) is 1. The summed E-state index contributed by atoms with van der Waals surface area (Å²) >= 11 is 0. The first-order chi connectivity index (χ1) is 9.85. The molecule has 112 valence electrons. The Bertz CT molecular complexity index is 597. The first kappa shape index (κ1) is 16.7. The van der Waals surface area contributed by atoms with Gasteiger partial charge in [-0.1, -0.05) is 25.7 Å². The van der Waals surface area contributed by atoms with Gasteiger partial charge in [0.1, 0.15) is 12.6 Å². The predicted octanol–water partition coefficient (Wildman–Crippen LogP) is 0.579. The molecule has 0 bridgehead atoms. The maximum absolute atomic E-state index is 12.2. The molecule has 0 aromatic heterocycles. The van der Waals surface area contributed by atoms with Gasteiger partial charge in [0.25, 0.3) is 5.91 Å². The van der Waals surface area contributed by atoms with Crippen LogP contribution in [0.25, 0.3) is 0 Å². The molecule has 1 aromatic rings. The molecule has 0 heterocycles. The fourth-order valence-corrected chi connectivity index (χ4v) is 1.92. The molecular weight excluding hydrogens is 268 g/mol. The third-order valence-electron chi connectivity index (χ3n) is 2.91. The molecule has 0 saturated heterocycles. The lowest BCUT2D eigenvalue weighted by atomic mass is 10.0. The van der Waals surface area contributed by atoms with Crippen molar-refractivity contribution >= 4 is 11.8 Å². The summed E-state index contributed by atoms with van der Waals surface area (Å²) in [5, 5.41) is 11.3. The molecule has 1 rings (SSSR count). The minimum Gasteiger partial charge on any atom is -0.384 e. The SMILES string of the molecule is Cc1cc(C#CCO)cc(C(=O)NC(C(N)=O)C(C)C)c1. The van der Waals surface area contributed by atoms with Crippen LogP contribution in [0.1, 0.15) is 35.3 Å². The van der Waals surface area contributed by atoms with E-state index in [1.807, 2.05) is 26.8 Å². The van der Waals surface area contributed by atoms with Crippen molar-refractivity contribution in [1.82, 2.24) is 5.32 Å². The number of benzene rings is 1. The molecule has 5 heteroatoms. The number of carbonyl (C=O) groups is 2. The molecule has 2 amide bonds. The van der Waals surface area contributed by atoms with Crippen LogP contribution < -0.4 is 11.1 Å². The van der Waals surface area contributed by atoms with E-state index in [4.69, 9.17) is 10.8 Å². The van der Waals surface area contributed by atoms with Gasteiger partial charge in [-0.05, 0) is 36.6 Å². The van der Waals surface area contributed by atoms with Crippen molar-refractivity contribution in [3.63, 3.8) is 0 Å². The molecular formula is C16H20N2O3. The summed E-state index contributed by atoms with van der Waals surface area (Å²) < 4.78 is 0. The maximum Gasteiger partial charge on any atom is 0.251 e. The highest BCUT2D eigenvalue weighted by molar-refractivity contribution is 5.97. The smallest absolute Gasteiger partial charge is 0.251 e. The minimum atomic E-state index is -0.718. The van der Waals surface area contributed by atoms with Crippen molar-refractivity contribution in [2.24, 2.45) is 11.7 Å². The number of rotatable bonds is 4. The number of hydrogen-bond donors (Lipinski definition) is 3. The Morgan fingerprint density at radius 1 is 1.33 bits per heavy atom. The van der Waals surface area contributed by atoms with Crippen LogP contribution in [-0.4, -0.2) is 29.6 Å². The van der Waals surface area contributed by atoms with Gasteiger partial charge < -0.3 is 16.2 Å². The molecule has 1 unspecified atom stereocenters. The zero-order valence-electron chi connectivity index (χ0n) is 12.4. The van der Waals surface area contributed by atoms with Crippen LogP contribution in [0, 0.1) is 24.7 Å². The number of nitrogens with two attached hydrogens (primary N) is 1. The van der Waals surface area contributed by atoms with Gasteiger partial charge in [0.2, 0.25) is 5.91 Å². The van der Waals surface area contributed by atoms with Gasteiger partial charge in [-0.25, -0.2) is 0 Å².